The number of rotatable bonds is 9. The molecule has 2 fully saturated rings. The van der Waals surface area contributed by atoms with Crippen LogP contribution in [-0.4, -0.2) is 57.3 Å². The first kappa shape index (κ1) is 30.4. The van der Waals surface area contributed by atoms with Gasteiger partial charge in [-0.1, -0.05) is 36.4 Å². The lowest BCUT2D eigenvalue weighted by Gasteiger charge is -2.35. The maximum atomic E-state index is 13.8. The number of benzene rings is 2. The predicted molar refractivity (Wildman–Crippen MR) is 134 cm³/mol. The molecule has 13 heteroatoms. The van der Waals surface area contributed by atoms with Crippen LogP contribution in [-0.2, 0) is 35.4 Å². The van der Waals surface area contributed by atoms with Gasteiger partial charge < -0.3 is 9.47 Å². The van der Waals surface area contributed by atoms with Crippen LogP contribution in [0.3, 0.4) is 0 Å². The van der Waals surface area contributed by atoms with Crippen molar-refractivity contribution in [1.82, 2.24) is 5.48 Å². The largest absolute Gasteiger partial charge is 0.453 e. The summed E-state index contributed by atoms with van der Waals surface area (Å²) in [7, 11) is -4.19. The number of amides is 1. The zero-order valence-corrected chi connectivity index (χ0v) is 22.3. The molecular weight excluding hydrogens is 561 g/mol. The Kier molecular flexibility index (Phi) is 9.18. The maximum absolute atomic E-state index is 13.8. The van der Waals surface area contributed by atoms with Gasteiger partial charge in [-0.15, -0.1) is 0 Å². The summed E-state index contributed by atoms with van der Waals surface area (Å²) in [5, 5.41) is 0. The quantitative estimate of drug-likeness (QED) is 0.311. The molecule has 0 aliphatic carbocycles. The van der Waals surface area contributed by atoms with Crippen LogP contribution in [0.1, 0.15) is 44.1 Å². The highest BCUT2D eigenvalue weighted by atomic mass is 32.2. The van der Waals surface area contributed by atoms with Crippen LogP contribution in [0.5, 0.6) is 0 Å². The molecule has 1 atom stereocenters. The second-order valence-corrected chi connectivity index (χ2v) is 12.1. The standard InChI is InChI=1S/C27H30F5NO6S/c28-26(29,27(30,31)32)13-12-19-4-6-20(7-5-19)21-8-10-22(11-9-21)40(35,36)25(14-17-37-18-15-25)24(34)33-39-23-3-1-2-16-38-23/h4-11,23H,1-3,12-18H2,(H,33,34). The lowest BCUT2D eigenvalue weighted by molar-refractivity contribution is -0.284. The van der Waals surface area contributed by atoms with Crippen LogP contribution < -0.4 is 5.48 Å². The van der Waals surface area contributed by atoms with Gasteiger partial charge in [0.05, 0.1) is 4.90 Å². The van der Waals surface area contributed by atoms with Crippen molar-refractivity contribution in [2.45, 2.75) is 73.0 Å². The number of carbonyl (C=O) groups is 1. The van der Waals surface area contributed by atoms with Crippen LogP contribution in [0.2, 0.25) is 0 Å². The van der Waals surface area contributed by atoms with Crippen molar-refractivity contribution >= 4 is 15.7 Å². The number of ether oxygens (including phenoxy) is 2. The van der Waals surface area contributed by atoms with Gasteiger partial charge in [0.1, 0.15) is 0 Å². The summed E-state index contributed by atoms with van der Waals surface area (Å²) in [5.74, 6) is -5.57. The molecule has 40 heavy (non-hydrogen) atoms. The molecule has 1 amide bonds. The first-order valence-electron chi connectivity index (χ1n) is 12.9. The average Bonchev–Trinajstić information content (AvgIpc) is 2.95. The highest BCUT2D eigenvalue weighted by Gasteiger charge is 2.56. The van der Waals surface area contributed by atoms with Crippen molar-refractivity contribution in [3.63, 3.8) is 0 Å². The number of nitrogens with one attached hydrogen (secondary N) is 1. The summed E-state index contributed by atoms with van der Waals surface area (Å²) in [4.78, 5) is 18.5. The number of hydrogen-bond donors (Lipinski definition) is 1. The topological polar surface area (TPSA) is 90.9 Å². The van der Waals surface area contributed by atoms with E-state index in [1.807, 2.05) is 0 Å². The van der Waals surface area contributed by atoms with E-state index in [4.69, 9.17) is 14.3 Å². The van der Waals surface area contributed by atoms with Crippen molar-refractivity contribution in [3.05, 3.63) is 54.1 Å². The van der Waals surface area contributed by atoms with E-state index in [-0.39, 0.29) is 31.0 Å². The van der Waals surface area contributed by atoms with E-state index in [1.165, 1.54) is 36.4 Å². The Labute approximate surface area is 228 Å². The van der Waals surface area contributed by atoms with Crippen LogP contribution in [0.4, 0.5) is 22.0 Å². The third-order valence-electron chi connectivity index (χ3n) is 7.24. The average molecular weight is 592 g/mol. The Morgan fingerprint density at radius 3 is 2.08 bits per heavy atom. The number of hydrogen-bond acceptors (Lipinski definition) is 6. The van der Waals surface area contributed by atoms with Crippen molar-refractivity contribution in [1.29, 1.82) is 0 Å². The maximum Gasteiger partial charge on any atom is 0.453 e. The van der Waals surface area contributed by atoms with Crippen molar-refractivity contribution < 1.29 is 49.5 Å². The molecule has 2 aromatic carbocycles. The fourth-order valence-electron chi connectivity index (χ4n) is 4.69. The van der Waals surface area contributed by atoms with Gasteiger partial charge in [0.25, 0.3) is 5.91 Å². The van der Waals surface area contributed by atoms with Gasteiger partial charge in [-0.2, -0.15) is 22.0 Å². The summed E-state index contributed by atoms with van der Waals surface area (Å²) >= 11 is 0. The monoisotopic (exact) mass is 591 g/mol. The third-order valence-corrected chi connectivity index (χ3v) is 9.76. The number of alkyl halides is 5. The first-order chi connectivity index (χ1) is 18.9. The molecule has 0 radical (unpaired) electrons. The minimum absolute atomic E-state index is 0.0628. The molecule has 0 saturated carbocycles. The SMILES string of the molecule is O=C(NOC1CCCCO1)C1(S(=O)(=O)c2ccc(-c3ccc(CCC(F)(F)C(F)(F)F)cc3)cc2)CCOCC1. The third kappa shape index (κ3) is 6.48. The molecule has 0 aromatic heterocycles. The number of sulfone groups is 1. The zero-order valence-electron chi connectivity index (χ0n) is 21.5. The van der Waals surface area contributed by atoms with Gasteiger partial charge in [0.15, 0.2) is 20.9 Å². The normalized spacial score (nSPS) is 20.2. The van der Waals surface area contributed by atoms with Gasteiger partial charge >= 0.3 is 12.1 Å². The minimum atomic E-state index is -5.60. The van der Waals surface area contributed by atoms with Crippen LogP contribution >= 0.6 is 0 Å². The highest BCUT2D eigenvalue weighted by Crippen LogP contribution is 2.39. The number of aryl methyl sites for hydroxylation is 1. The van der Waals surface area contributed by atoms with E-state index in [0.717, 1.165) is 12.8 Å². The number of hydroxylamine groups is 1. The molecule has 7 nitrogen and oxygen atoms in total. The molecule has 4 rings (SSSR count). The molecule has 2 aliphatic rings. The zero-order chi connectivity index (χ0) is 29.0. The molecular formula is C27H30F5NO6S. The van der Waals surface area contributed by atoms with Gasteiger partial charge in [-0.3, -0.25) is 4.79 Å². The van der Waals surface area contributed by atoms with Gasteiger partial charge in [-0.05, 0) is 60.9 Å². The first-order valence-corrected chi connectivity index (χ1v) is 14.4. The van der Waals surface area contributed by atoms with E-state index in [0.29, 0.717) is 29.7 Å². The Balaban J connectivity index is 1.47. The highest BCUT2D eigenvalue weighted by molar-refractivity contribution is 7.93. The van der Waals surface area contributed by atoms with Crippen molar-refractivity contribution in [2.75, 3.05) is 19.8 Å². The van der Waals surface area contributed by atoms with Crippen molar-refractivity contribution in [2.24, 2.45) is 0 Å². The Hall–Kier alpha value is -2.61. The van der Waals surface area contributed by atoms with Gasteiger partial charge in [0, 0.05) is 32.7 Å². The molecule has 220 valence electrons. The van der Waals surface area contributed by atoms with Gasteiger partial charge in [-0.25, -0.2) is 18.7 Å². The summed E-state index contributed by atoms with van der Waals surface area (Å²) in [6, 6.07) is 11.8. The summed E-state index contributed by atoms with van der Waals surface area (Å²) < 4.78 is 100. The van der Waals surface area contributed by atoms with Crippen LogP contribution in [0.15, 0.2) is 53.4 Å². The summed E-state index contributed by atoms with van der Waals surface area (Å²) in [5.41, 5.74) is 3.81. The second-order valence-electron chi connectivity index (χ2n) is 9.88. The minimum Gasteiger partial charge on any atom is -0.381 e. The molecule has 2 aromatic rings. The van der Waals surface area contributed by atoms with E-state index in [9.17, 15) is 35.2 Å². The molecule has 2 aliphatic heterocycles. The Morgan fingerprint density at radius 1 is 0.925 bits per heavy atom. The Bertz CT molecular complexity index is 1250. The molecule has 1 unspecified atom stereocenters. The number of halogens is 5. The Morgan fingerprint density at radius 2 is 1.52 bits per heavy atom. The lowest BCUT2D eigenvalue weighted by atomic mass is 9.98. The molecule has 0 spiro atoms. The smallest absolute Gasteiger partial charge is 0.381 e. The molecule has 2 saturated heterocycles. The lowest BCUT2D eigenvalue weighted by Crippen LogP contribution is -2.56. The molecule has 0 bridgehead atoms. The summed E-state index contributed by atoms with van der Waals surface area (Å²) in [6.45, 7) is 0.638. The van der Waals surface area contributed by atoms with Crippen LogP contribution in [0.25, 0.3) is 11.1 Å². The van der Waals surface area contributed by atoms with E-state index >= 15 is 0 Å². The van der Waals surface area contributed by atoms with E-state index in [1.54, 1.807) is 12.1 Å². The molecule has 1 N–H and O–H groups in total. The van der Waals surface area contributed by atoms with E-state index < -0.39 is 51.7 Å². The number of carbonyl (C=O) groups excluding carboxylic acids is 1. The summed E-state index contributed by atoms with van der Waals surface area (Å²) in [6.07, 6.45) is -5.88. The fourth-order valence-corrected chi connectivity index (χ4v) is 6.63. The van der Waals surface area contributed by atoms with Crippen LogP contribution in [0, 0.1) is 0 Å². The second kappa shape index (κ2) is 12.1. The van der Waals surface area contributed by atoms with Gasteiger partial charge in [0.2, 0.25) is 0 Å². The van der Waals surface area contributed by atoms with Crippen molar-refractivity contribution in [3.8, 4) is 11.1 Å². The molecule has 2 heterocycles. The van der Waals surface area contributed by atoms with E-state index in [2.05, 4.69) is 5.48 Å². The predicted octanol–water partition coefficient (Wildman–Crippen LogP) is 5.38. The fraction of sp³-hybridized carbons (Fsp3) is 0.519.